The van der Waals surface area contributed by atoms with Crippen LogP contribution in [0.1, 0.15) is 31.0 Å². The van der Waals surface area contributed by atoms with Crippen LogP contribution in [0.5, 0.6) is 0 Å². The zero-order valence-electron chi connectivity index (χ0n) is 12.8. The molecule has 0 amide bonds. The van der Waals surface area contributed by atoms with Crippen molar-refractivity contribution in [3.63, 3.8) is 0 Å². The first kappa shape index (κ1) is 17.5. The SMILES string of the molecule is CCC(O)CCNCc1ccc(-n2ccc(C(F)(F)F)n2)cc1. The third-order valence-corrected chi connectivity index (χ3v) is 3.54. The van der Waals surface area contributed by atoms with Gasteiger partial charge in [-0.25, -0.2) is 4.68 Å². The molecule has 1 heterocycles. The lowest BCUT2D eigenvalue weighted by molar-refractivity contribution is -0.141. The van der Waals surface area contributed by atoms with Gasteiger partial charge in [-0.3, -0.25) is 0 Å². The molecule has 0 radical (unpaired) electrons. The van der Waals surface area contributed by atoms with E-state index in [0.717, 1.165) is 18.1 Å². The van der Waals surface area contributed by atoms with Crippen LogP contribution in [0.15, 0.2) is 36.5 Å². The van der Waals surface area contributed by atoms with Gasteiger partial charge in [0.05, 0.1) is 11.8 Å². The molecule has 4 nitrogen and oxygen atoms in total. The molecule has 0 fully saturated rings. The molecule has 2 aromatic rings. The molecular formula is C16H20F3N3O. The van der Waals surface area contributed by atoms with Crippen molar-refractivity contribution < 1.29 is 18.3 Å². The normalized spacial score (nSPS) is 13.3. The van der Waals surface area contributed by atoms with E-state index in [4.69, 9.17) is 0 Å². The maximum absolute atomic E-state index is 12.5. The summed E-state index contributed by atoms with van der Waals surface area (Å²) in [6.45, 7) is 3.29. The highest BCUT2D eigenvalue weighted by Crippen LogP contribution is 2.27. The summed E-state index contributed by atoms with van der Waals surface area (Å²) in [5, 5.41) is 16.2. The summed E-state index contributed by atoms with van der Waals surface area (Å²) in [7, 11) is 0. The van der Waals surface area contributed by atoms with Crippen LogP contribution in [0.3, 0.4) is 0 Å². The number of aliphatic hydroxyl groups excluding tert-OH is 1. The molecule has 2 N–H and O–H groups in total. The Balaban J connectivity index is 1.91. The van der Waals surface area contributed by atoms with Crippen molar-refractivity contribution in [3.8, 4) is 5.69 Å². The van der Waals surface area contributed by atoms with Gasteiger partial charge in [-0.05, 0) is 43.1 Å². The van der Waals surface area contributed by atoms with Gasteiger partial charge in [0.25, 0.3) is 0 Å². The second-order valence-corrected chi connectivity index (χ2v) is 5.34. The Morgan fingerprint density at radius 1 is 1.22 bits per heavy atom. The summed E-state index contributed by atoms with van der Waals surface area (Å²) in [6.07, 6.45) is -1.99. The highest BCUT2D eigenvalue weighted by Gasteiger charge is 2.33. The number of halogens is 3. The number of aromatic nitrogens is 2. The summed E-state index contributed by atoms with van der Waals surface area (Å²) in [6, 6.07) is 8.09. The second kappa shape index (κ2) is 7.61. The van der Waals surface area contributed by atoms with Crippen LogP contribution in [0.4, 0.5) is 13.2 Å². The van der Waals surface area contributed by atoms with E-state index in [1.165, 1.54) is 10.9 Å². The van der Waals surface area contributed by atoms with E-state index >= 15 is 0 Å². The van der Waals surface area contributed by atoms with Crippen LogP contribution < -0.4 is 5.32 Å². The van der Waals surface area contributed by atoms with Gasteiger partial charge in [0.1, 0.15) is 0 Å². The summed E-state index contributed by atoms with van der Waals surface area (Å²) < 4.78 is 38.8. The summed E-state index contributed by atoms with van der Waals surface area (Å²) in [5.41, 5.74) is 0.686. The average Bonchev–Trinajstić information content (AvgIpc) is 3.02. The molecule has 0 saturated carbocycles. The molecule has 0 aliphatic heterocycles. The molecule has 0 saturated heterocycles. The zero-order chi connectivity index (χ0) is 16.9. The smallest absolute Gasteiger partial charge is 0.393 e. The average molecular weight is 327 g/mol. The van der Waals surface area contributed by atoms with Crippen LogP contribution >= 0.6 is 0 Å². The van der Waals surface area contributed by atoms with Gasteiger partial charge in [0.2, 0.25) is 0 Å². The molecule has 1 aromatic heterocycles. The van der Waals surface area contributed by atoms with E-state index in [1.54, 1.807) is 12.1 Å². The van der Waals surface area contributed by atoms with E-state index in [-0.39, 0.29) is 6.10 Å². The number of hydrogen-bond acceptors (Lipinski definition) is 3. The Morgan fingerprint density at radius 2 is 1.91 bits per heavy atom. The number of rotatable bonds is 7. The van der Waals surface area contributed by atoms with Crippen molar-refractivity contribution in [2.75, 3.05) is 6.54 Å². The minimum atomic E-state index is -4.43. The molecule has 0 aliphatic carbocycles. The third-order valence-electron chi connectivity index (χ3n) is 3.54. The van der Waals surface area contributed by atoms with Gasteiger partial charge in [0, 0.05) is 12.7 Å². The lowest BCUT2D eigenvalue weighted by atomic mass is 10.2. The fourth-order valence-corrected chi connectivity index (χ4v) is 2.09. The van der Waals surface area contributed by atoms with E-state index in [1.807, 2.05) is 19.1 Å². The number of hydrogen-bond donors (Lipinski definition) is 2. The monoisotopic (exact) mass is 327 g/mol. The van der Waals surface area contributed by atoms with Crippen LogP contribution in [-0.4, -0.2) is 27.5 Å². The van der Waals surface area contributed by atoms with Crippen molar-refractivity contribution in [1.29, 1.82) is 0 Å². The Morgan fingerprint density at radius 3 is 2.48 bits per heavy atom. The van der Waals surface area contributed by atoms with Gasteiger partial charge in [0.15, 0.2) is 5.69 Å². The molecule has 23 heavy (non-hydrogen) atoms. The number of aliphatic hydroxyl groups is 1. The number of benzene rings is 1. The first-order chi connectivity index (χ1) is 10.9. The van der Waals surface area contributed by atoms with E-state index in [2.05, 4.69) is 10.4 Å². The standard InChI is InChI=1S/C16H20F3N3O/c1-2-14(23)7-9-20-11-12-3-5-13(6-4-12)22-10-8-15(21-22)16(17,18)19/h3-6,8,10,14,20,23H,2,7,9,11H2,1H3. The molecule has 0 aliphatic rings. The maximum atomic E-state index is 12.5. The van der Waals surface area contributed by atoms with Gasteiger partial charge in [-0.1, -0.05) is 19.1 Å². The Bertz CT molecular complexity index is 608. The first-order valence-electron chi connectivity index (χ1n) is 7.51. The summed E-state index contributed by atoms with van der Waals surface area (Å²) in [4.78, 5) is 0. The lowest BCUT2D eigenvalue weighted by Gasteiger charge is -2.09. The van der Waals surface area contributed by atoms with Crippen molar-refractivity contribution in [2.45, 2.75) is 38.6 Å². The molecule has 1 aromatic carbocycles. The summed E-state index contributed by atoms with van der Waals surface area (Å²) in [5.74, 6) is 0. The summed E-state index contributed by atoms with van der Waals surface area (Å²) >= 11 is 0. The molecule has 126 valence electrons. The largest absolute Gasteiger partial charge is 0.435 e. The zero-order valence-corrected chi connectivity index (χ0v) is 12.8. The van der Waals surface area contributed by atoms with Gasteiger partial charge >= 0.3 is 6.18 Å². The molecule has 7 heteroatoms. The predicted molar refractivity (Wildman–Crippen MR) is 81.2 cm³/mol. The lowest BCUT2D eigenvalue weighted by Crippen LogP contribution is -2.19. The van der Waals surface area contributed by atoms with Crippen molar-refractivity contribution >= 4 is 0 Å². The molecule has 0 spiro atoms. The molecule has 2 rings (SSSR count). The van der Waals surface area contributed by atoms with Gasteiger partial charge in [-0.2, -0.15) is 18.3 Å². The highest BCUT2D eigenvalue weighted by atomic mass is 19.4. The van der Waals surface area contributed by atoms with Crippen molar-refractivity contribution in [1.82, 2.24) is 15.1 Å². The maximum Gasteiger partial charge on any atom is 0.435 e. The van der Waals surface area contributed by atoms with Gasteiger partial charge in [-0.15, -0.1) is 0 Å². The van der Waals surface area contributed by atoms with Crippen molar-refractivity contribution in [3.05, 3.63) is 47.8 Å². The molecule has 0 bridgehead atoms. The van der Waals surface area contributed by atoms with E-state index < -0.39 is 11.9 Å². The van der Waals surface area contributed by atoms with Crippen LogP contribution in [0, 0.1) is 0 Å². The minimum absolute atomic E-state index is 0.285. The Labute approximate surface area is 132 Å². The topological polar surface area (TPSA) is 50.1 Å². The Kier molecular flexibility index (Phi) is 5.79. The fraction of sp³-hybridized carbons (Fsp3) is 0.438. The molecule has 1 unspecified atom stereocenters. The number of nitrogens with zero attached hydrogens (tertiary/aromatic N) is 2. The highest BCUT2D eigenvalue weighted by molar-refractivity contribution is 5.34. The van der Waals surface area contributed by atoms with E-state index in [9.17, 15) is 18.3 Å². The van der Waals surface area contributed by atoms with Crippen molar-refractivity contribution in [2.24, 2.45) is 0 Å². The number of alkyl halides is 3. The quantitative estimate of drug-likeness (QED) is 0.768. The number of nitrogens with one attached hydrogen (secondary N) is 1. The predicted octanol–water partition coefficient (Wildman–Crippen LogP) is 3.14. The third kappa shape index (κ3) is 5.07. The van der Waals surface area contributed by atoms with Crippen LogP contribution in [-0.2, 0) is 12.7 Å². The molecule has 1 atom stereocenters. The van der Waals surface area contributed by atoms with Crippen LogP contribution in [0.2, 0.25) is 0 Å². The van der Waals surface area contributed by atoms with Crippen LogP contribution in [0.25, 0.3) is 5.69 Å². The van der Waals surface area contributed by atoms with Gasteiger partial charge < -0.3 is 10.4 Å². The Hall–Kier alpha value is -1.86. The first-order valence-corrected chi connectivity index (χ1v) is 7.51. The van der Waals surface area contributed by atoms with E-state index in [0.29, 0.717) is 25.2 Å². The second-order valence-electron chi connectivity index (χ2n) is 5.34. The minimum Gasteiger partial charge on any atom is -0.393 e. The fourth-order valence-electron chi connectivity index (χ4n) is 2.09. The molecular weight excluding hydrogens is 307 g/mol.